The van der Waals surface area contributed by atoms with E-state index in [1.807, 2.05) is 17.6 Å². The van der Waals surface area contributed by atoms with E-state index in [4.69, 9.17) is 0 Å². The van der Waals surface area contributed by atoms with E-state index in [0.29, 0.717) is 18.7 Å². The molecule has 0 saturated heterocycles. The number of amides is 2. The van der Waals surface area contributed by atoms with E-state index in [1.54, 1.807) is 35.1 Å². The monoisotopic (exact) mass is 301 g/mol. The molecule has 1 aliphatic rings. The smallest absolute Gasteiger partial charge is 0.318 e. The van der Waals surface area contributed by atoms with Crippen LogP contribution in [-0.2, 0) is 26.7 Å². The van der Waals surface area contributed by atoms with Gasteiger partial charge >= 0.3 is 6.03 Å². The molecular weight excluding hydrogens is 282 g/mol. The molecule has 1 N–H and O–H groups in total. The van der Waals surface area contributed by atoms with Gasteiger partial charge in [-0.3, -0.25) is 4.79 Å². The number of imidazole rings is 1. The Bertz CT molecular complexity index is 762. The average molecular weight is 301 g/mol. The van der Waals surface area contributed by atoms with Crippen molar-refractivity contribution >= 4 is 6.03 Å². The Morgan fingerprint density at radius 1 is 1.36 bits per heavy atom. The number of hydrogen-bond donors (Lipinski definition) is 1. The molecule has 0 saturated carbocycles. The molecule has 0 fully saturated rings. The summed E-state index contributed by atoms with van der Waals surface area (Å²) in [5.41, 5.74) is 2.43. The van der Waals surface area contributed by atoms with E-state index in [0.717, 1.165) is 17.9 Å². The lowest BCUT2D eigenvalue weighted by molar-refractivity contribution is 0.183. The topological polar surface area (TPSA) is 72.2 Å². The second-order valence-electron chi connectivity index (χ2n) is 5.52. The van der Waals surface area contributed by atoms with Crippen molar-refractivity contribution in [2.75, 3.05) is 6.54 Å². The molecule has 0 spiro atoms. The molecule has 0 atom stereocenters. The molecule has 0 bridgehead atoms. The van der Waals surface area contributed by atoms with Gasteiger partial charge < -0.3 is 19.4 Å². The van der Waals surface area contributed by atoms with Crippen LogP contribution in [0.25, 0.3) is 0 Å². The predicted molar refractivity (Wildman–Crippen MR) is 81.3 cm³/mol. The highest BCUT2D eigenvalue weighted by Gasteiger charge is 2.20. The maximum absolute atomic E-state index is 12.2. The van der Waals surface area contributed by atoms with Crippen molar-refractivity contribution in [1.29, 1.82) is 0 Å². The summed E-state index contributed by atoms with van der Waals surface area (Å²) < 4.78 is 3.63. The second kappa shape index (κ2) is 5.67. The van der Waals surface area contributed by atoms with Crippen molar-refractivity contribution in [1.82, 2.24) is 24.3 Å². The van der Waals surface area contributed by atoms with Crippen molar-refractivity contribution in [3.63, 3.8) is 0 Å². The zero-order chi connectivity index (χ0) is 15.7. The molecular formula is C15H19N5O2. The molecule has 116 valence electrons. The summed E-state index contributed by atoms with van der Waals surface area (Å²) in [6.45, 7) is 4.04. The van der Waals surface area contributed by atoms with Crippen LogP contribution in [0.5, 0.6) is 0 Å². The number of carbonyl (C=O) groups excluding carboxylic acids is 1. The van der Waals surface area contributed by atoms with Crippen molar-refractivity contribution in [2.24, 2.45) is 7.05 Å². The molecule has 2 amide bonds. The van der Waals surface area contributed by atoms with Gasteiger partial charge in [0.25, 0.3) is 5.56 Å². The Balaban J connectivity index is 1.64. The van der Waals surface area contributed by atoms with Crippen LogP contribution in [0.3, 0.4) is 0 Å². The van der Waals surface area contributed by atoms with Crippen LogP contribution in [0, 0.1) is 6.92 Å². The number of hydrogen-bond acceptors (Lipinski definition) is 3. The molecule has 0 aromatic carbocycles. The van der Waals surface area contributed by atoms with E-state index < -0.39 is 0 Å². The molecule has 2 aromatic heterocycles. The molecule has 2 aromatic rings. The molecule has 7 nitrogen and oxygen atoms in total. The van der Waals surface area contributed by atoms with E-state index >= 15 is 0 Å². The van der Waals surface area contributed by atoms with E-state index in [9.17, 15) is 9.59 Å². The fourth-order valence-corrected chi connectivity index (χ4v) is 2.55. The van der Waals surface area contributed by atoms with Gasteiger partial charge in [-0.05, 0) is 13.0 Å². The first-order valence-corrected chi connectivity index (χ1v) is 7.23. The Labute approximate surface area is 128 Å². The van der Waals surface area contributed by atoms with Crippen LogP contribution < -0.4 is 10.9 Å². The Morgan fingerprint density at radius 2 is 2.18 bits per heavy atom. The summed E-state index contributed by atoms with van der Waals surface area (Å²) in [6.07, 6.45) is 3.55. The third-order valence-corrected chi connectivity index (χ3v) is 4.11. The fraction of sp³-hybridized carbons (Fsp3) is 0.400. The third-order valence-electron chi connectivity index (χ3n) is 4.11. The zero-order valence-electron chi connectivity index (χ0n) is 12.7. The summed E-state index contributed by atoms with van der Waals surface area (Å²) in [5.74, 6) is 0. The van der Waals surface area contributed by atoms with Crippen LogP contribution in [0.2, 0.25) is 0 Å². The SMILES string of the molecule is Cc1ccc(CNC(=O)N2CCn3cncc3C2)c(=O)n1C. The van der Waals surface area contributed by atoms with Gasteiger partial charge in [0.1, 0.15) is 0 Å². The van der Waals surface area contributed by atoms with Gasteiger partial charge in [-0.15, -0.1) is 0 Å². The first-order valence-electron chi connectivity index (χ1n) is 7.23. The number of fused-ring (bicyclic) bond motifs is 1. The largest absolute Gasteiger partial charge is 0.334 e. The lowest BCUT2D eigenvalue weighted by atomic mass is 10.2. The number of pyridine rings is 1. The number of aromatic nitrogens is 3. The number of nitrogens with one attached hydrogen (secondary N) is 1. The molecule has 1 aliphatic heterocycles. The molecule has 7 heteroatoms. The summed E-state index contributed by atoms with van der Waals surface area (Å²) in [7, 11) is 1.73. The minimum absolute atomic E-state index is 0.0722. The minimum atomic E-state index is -0.157. The van der Waals surface area contributed by atoms with Gasteiger partial charge in [-0.1, -0.05) is 6.07 Å². The number of carbonyl (C=O) groups is 1. The first kappa shape index (κ1) is 14.4. The standard InChI is InChI=1S/C15H19N5O2/c1-11-3-4-12(14(21)18(11)2)7-17-15(22)19-5-6-20-10-16-8-13(20)9-19/h3-4,8,10H,5-7,9H2,1-2H3,(H,17,22). The fourth-order valence-electron chi connectivity index (χ4n) is 2.55. The Hall–Kier alpha value is -2.57. The van der Waals surface area contributed by atoms with Gasteiger partial charge in [0.15, 0.2) is 0 Å². The highest BCUT2D eigenvalue weighted by Crippen LogP contribution is 2.11. The summed E-state index contributed by atoms with van der Waals surface area (Å²) >= 11 is 0. The number of rotatable bonds is 2. The average Bonchev–Trinajstić information content (AvgIpc) is 2.99. The van der Waals surface area contributed by atoms with Gasteiger partial charge in [0.2, 0.25) is 0 Å². The van der Waals surface area contributed by atoms with Crippen LogP contribution >= 0.6 is 0 Å². The lowest BCUT2D eigenvalue weighted by Crippen LogP contribution is -2.44. The number of aryl methyl sites for hydroxylation is 1. The maximum Gasteiger partial charge on any atom is 0.318 e. The number of urea groups is 1. The quantitative estimate of drug-likeness (QED) is 0.883. The normalized spacial score (nSPS) is 13.8. The van der Waals surface area contributed by atoms with E-state index in [1.165, 1.54) is 0 Å². The van der Waals surface area contributed by atoms with Crippen molar-refractivity contribution in [2.45, 2.75) is 26.6 Å². The van der Waals surface area contributed by atoms with Crippen LogP contribution in [-0.4, -0.2) is 31.6 Å². The highest BCUT2D eigenvalue weighted by atomic mass is 16.2. The predicted octanol–water partition coefficient (Wildman–Crippen LogP) is 0.616. The molecule has 0 unspecified atom stereocenters. The summed E-state index contributed by atoms with van der Waals surface area (Å²) in [5, 5.41) is 2.82. The first-order chi connectivity index (χ1) is 10.6. The zero-order valence-corrected chi connectivity index (χ0v) is 12.7. The van der Waals surface area contributed by atoms with Gasteiger partial charge in [0, 0.05) is 44.1 Å². The summed E-state index contributed by atoms with van der Waals surface area (Å²) in [6, 6.07) is 3.49. The lowest BCUT2D eigenvalue weighted by Gasteiger charge is -2.28. The van der Waals surface area contributed by atoms with Crippen molar-refractivity contribution in [3.05, 3.63) is 52.0 Å². The molecule has 0 radical (unpaired) electrons. The molecule has 3 rings (SSSR count). The molecule has 3 heterocycles. The maximum atomic E-state index is 12.2. The second-order valence-corrected chi connectivity index (χ2v) is 5.52. The van der Waals surface area contributed by atoms with Gasteiger partial charge in [-0.25, -0.2) is 9.78 Å². The molecule has 22 heavy (non-hydrogen) atoms. The van der Waals surface area contributed by atoms with Crippen LogP contribution in [0.1, 0.15) is 17.0 Å². The van der Waals surface area contributed by atoms with E-state index in [2.05, 4.69) is 10.3 Å². The van der Waals surface area contributed by atoms with Crippen LogP contribution in [0.4, 0.5) is 4.79 Å². The number of nitrogens with zero attached hydrogens (tertiary/aromatic N) is 4. The van der Waals surface area contributed by atoms with Crippen molar-refractivity contribution in [3.8, 4) is 0 Å². The minimum Gasteiger partial charge on any atom is -0.334 e. The highest BCUT2D eigenvalue weighted by molar-refractivity contribution is 5.74. The third kappa shape index (κ3) is 2.61. The van der Waals surface area contributed by atoms with Gasteiger partial charge in [0.05, 0.1) is 18.6 Å². The van der Waals surface area contributed by atoms with Gasteiger partial charge in [-0.2, -0.15) is 0 Å². The Kier molecular flexibility index (Phi) is 3.70. The molecule has 0 aliphatic carbocycles. The van der Waals surface area contributed by atoms with Crippen LogP contribution in [0.15, 0.2) is 29.5 Å². The van der Waals surface area contributed by atoms with E-state index in [-0.39, 0.29) is 18.1 Å². The summed E-state index contributed by atoms with van der Waals surface area (Å²) in [4.78, 5) is 30.1. The Morgan fingerprint density at radius 3 is 3.00 bits per heavy atom. The van der Waals surface area contributed by atoms with Crippen molar-refractivity contribution < 1.29 is 4.79 Å².